The van der Waals surface area contributed by atoms with Crippen molar-refractivity contribution >= 4 is 54.9 Å². The van der Waals surface area contributed by atoms with Crippen LogP contribution in [0.5, 0.6) is 0 Å². The second-order valence-corrected chi connectivity index (χ2v) is 7.27. The van der Waals surface area contributed by atoms with Gasteiger partial charge in [-0.3, -0.25) is 19.2 Å². The van der Waals surface area contributed by atoms with Crippen LogP contribution in [0.1, 0.15) is 25.7 Å². The molecule has 13 heteroatoms. The Hall–Kier alpha value is -1.99. The van der Waals surface area contributed by atoms with Crippen molar-refractivity contribution in [2.24, 2.45) is 5.73 Å². The van der Waals surface area contributed by atoms with Crippen molar-refractivity contribution < 1.29 is 29.1 Å². The first-order valence-corrected chi connectivity index (χ1v) is 10.3. The minimum absolute atomic E-state index is 0.0467. The number of nitrogens with one attached hydrogen (secondary N) is 4. The molecule has 4 atom stereocenters. The molecule has 0 radical (unpaired) electrons. The first kappa shape index (κ1) is 25.0. The molecule has 0 bridgehead atoms. The highest BCUT2D eigenvalue weighted by atomic mass is 32.1. The van der Waals surface area contributed by atoms with E-state index in [1.54, 1.807) is 0 Å². The van der Waals surface area contributed by atoms with E-state index in [4.69, 9.17) is 10.8 Å². The second kappa shape index (κ2) is 12.5. The molecule has 0 aromatic heterocycles. The molecule has 11 nitrogen and oxygen atoms in total. The largest absolute Gasteiger partial charge is 0.480 e. The molecule has 1 rings (SSSR count). The van der Waals surface area contributed by atoms with E-state index in [-0.39, 0.29) is 30.3 Å². The lowest BCUT2D eigenvalue weighted by atomic mass is 10.1. The van der Waals surface area contributed by atoms with Crippen LogP contribution in [-0.2, 0) is 24.0 Å². The monoisotopic (exact) mass is 449 g/mol. The molecule has 4 unspecified atom stereocenters. The van der Waals surface area contributed by atoms with Gasteiger partial charge in [0, 0.05) is 17.9 Å². The van der Waals surface area contributed by atoms with E-state index in [0.717, 1.165) is 6.42 Å². The highest BCUT2D eigenvalue weighted by Crippen LogP contribution is 2.07. The van der Waals surface area contributed by atoms with Crippen LogP contribution in [0.4, 0.5) is 0 Å². The fourth-order valence-corrected chi connectivity index (χ4v) is 3.16. The number of primary amides is 1. The lowest BCUT2D eigenvalue weighted by molar-refractivity contribution is -0.141. The molecule has 0 aliphatic carbocycles. The molecule has 29 heavy (non-hydrogen) atoms. The molecule has 7 N–H and O–H groups in total. The van der Waals surface area contributed by atoms with Gasteiger partial charge in [-0.05, 0) is 25.8 Å². The Morgan fingerprint density at radius 3 is 2.07 bits per heavy atom. The van der Waals surface area contributed by atoms with E-state index in [0.29, 0.717) is 13.0 Å². The maximum atomic E-state index is 12.6. The molecular weight excluding hydrogens is 422 g/mol. The quantitative estimate of drug-likeness (QED) is 0.150. The number of carbonyl (C=O) groups is 5. The van der Waals surface area contributed by atoms with Gasteiger partial charge in [-0.1, -0.05) is 0 Å². The van der Waals surface area contributed by atoms with Crippen molar-refractivity contribution in [1.82, 2.24) is 21.3 Å². The normalized spacial score (nSPS) is 18.9. The Morgan fingerprint density at radius 2 is 1.59 bits per heavy atom. The second-order valence-electron chi connectivity index (χ2n) is 6.54. The summed E-state index contributed by atoms with van der Waals surface area (Å²) in [6.45, 7) is 0.689. The van der Waals surface area contributed by atoms with E-state index in [2.05, 4.69) is 46.5 Å². The number of hydrogen-bond acceptors (Lipinski definition) is 8. The van der Waals surface area contributed by atoms with Crippen molar-refractivity contribution in [2.75, 3.05) is 18.1 Å². The standard InChI is InChI=1S/C16H27N5O6S2/c17-12(22)4-3-9(19-13(23)8-2-1-5-18-8)14(24)20-10(6-28)15(25)21-11(7-29)16(26)27/h8-11,18,28-29H,1-7H2,(H2,17,22)(H,19,23)(H,20,24)(H,21,25)(H,26,27). The van der Waals surface area contributed by atoms with Crippen molar-refractivity contribution in [3.05, 3.63) is 0 Å². The van der Waals surface area contributed by atoms with Gasteiger partial charge in [-0.2, -0.15) is 25.3 Å². The molecular formula is C16H27N5O6S2. The number of hydrogen-bond donors (Lipinski definition) is 8. The summed E-state index contributed by atoms with van der Waals surface area (Å²) in [6.07, 6.45) is 1.26. The molecule has 0 spiro atoms. The van der Waals surface area contributed by atoms with E-state index >= 15 is 0 Å². The summed E-state index contributed by atoms with van der Waals surface area (Å²) in [5.41, 5.74) is 5.13. The number of carboxylic acids is 1. The van der Waals surface area contributed by atoms with Crippen LogP contribution in [0.3, 0.4) is 0 Å². The maximum Gasteiger partial charge on any atom is 0.327 e. The summed E-state index contributed by atoms with van der Waals surface area (Å²) in [7, 11) is 0. The van der Waals surface area contributed by atoms with Crippen LogP contribution in [-0.4, -0.2) is 76.9 Å². The summed E-state index contributed by atoms with van der Waals surface area (Å²) < 4.78 is 0. The number of amides is 4. The minimum atomic E-state index is -1.27. The molecule has 1 heterocycles. The molecule has 0 aromatic rings. The molecule has 4 amide bonds. The fourth-order valence-electron chi connectivity index (χ4n) is 2.66. The maximum absolute atomic E-state index is 12.6. The van der Waals surface area contributed by atoms with E-state index in [1.807, 2.05) is 0 Å². The SMILES string of the molecule is NC(=O)CCC(NC(=O)C1CCCN1)C(=O)NC(CS)C(=O)NC(CS)C(=O)O. The van der Waals surface area contributed by atoms with Crippen LogP contribution in [0.15, 0.2) is 0 Å². The predicted molar refractivity (Wildman–Crippen MR) is 111 cm³/mol. The topological polar surface area (TPSA) is 180 Å². The third kappa shape index (κ3) is 8.50. The lowest BCUT2D eigenvalue weighted by Crippen LogP contribution is -2.57. The number of aliphatic carboxylic acids is 1. The van der Waals surface area contributed by atoms with Gasteiger partial charge in [-0.15, -0.1) is 0 Å². The Morgan fingerprint density at radius 1 is 1.00 bits per heavy atom. The Labute approximate surface area is 179 Å². The average molecular weight is 450 g/mol. The van der Waals surface area contributed by atoms with Crippen LogP contribution in [0.25, 0.3) is 0 Å². The Balaban J connectivity index is 2.78. The predicted octanol–water partition coefficient (Wildman–Crippen LogP) is -2.60. The van der Waals surface area contributed by atoms with Gasteiger partial charge in [0.15, 0.2) is 0 Å². The van der Waals surface area contributed by atoms with Gasteiger partial charge < -0.3 is 32.1 Å². The van der Waals surface area contributed by atoms with Gasteiger partial charge in [-0.25, -0.2) is 4.79 Å². The first-order chi connectivity index (χ1) is 13.7. The van der Waals surface area contributed by atoms with Gasteiger partial charge in [0.05, 0.1) is 6.04 Å². The van der Waals surface area contributed by atoms with Crippen molar-refractivity contribution in [1.29, 1.82) is 0 Å². The van der Waals surface area contributed by atoms with E-state index in [1.165, 1.54) is 0 Å². The first-order valence-electron chi connectivity index (χ1n) is 9.06. The van der Waals surface area contributed by atoms with Gasteiger partial charge in [0.25, 0.3) is 0 Å². The molecule has 0 saturated carbocycles. The number of carbonyl (C=O) groups excluding carboxylic acids is 4. The van der Waals surface area contributed by atoms with Gasteiger partial charge >= 0.3 is 5.97 Å². The lowest BCUT2D eigenvalue weighted by Gasteiger charge is -2.24. The summed E-state index contributed by atoms with van der Waals surface area (Å²) in [5, 5.41) is 19.2. The number of nitrogens with two attached hydrogens (primary N) is 1. The highest BCUT2D eigenvalue weighted by Gasteiger charge is 2.30. The van der Waals surface area contributed by atoms with Crippen LogP contribution < -0.4 is 27.0 Å². The average Bonchev–Trinajstić information content (AvgIpc) is 3.21. The van der Waals surface area contributed by atoms with Crippen LogP contribution >= 0.6 is 25.3 Å². The summed E-state index contributed by atoms with van der Waals surface area (Å²) in [5.74, 6) is -4.01. The zero-order chi connectivity index (χ0) is 22.0. The molecule has 1 fully saturated rings. The molecule has 164 valence electrons. The molecule has 1 aliphatic heterocycles. The molecule has 0 aromatic carbocycles. The molecule has 1 saturated heterocycles. The van der Waals surface area contributed by atoms with Gasteiger partial charge in [0.2, 0.25) is 23.6 Å². The van der Waals surface area contributed by atoms with Crippen molar-refractivity contribution in [2.45, 2.75) is 49.9 Å². The fraction of sp³-hybridized carbons (Fsp3) is 0.688. The zero-order valence-electron chi connectivity index (χ0n) is 15.7. The highest BCUT2D eigenvalue weighted by molar-refractivity contribution is 7.80. The summed E-state index contributed by atoms with van der Waals surface area (Å²) in [4.78, 5) is 59.3. The minimum Gasteiger partial charge on any atom is -0.480 e. The van der Waals surface area contributed by atoms with Crippen LogP contribution in [0.2, 0.25) is 0 Å². The van der Waals surface area contributed by atoms with E-state index < -0.39 is 47.9 Å². The number of rotatable bonds is 12. The number of thiol groups is 2. The third-order valence-corrected chi connectivity index (χ3v) is 5.03. The van der Waals surface area contributed by atoms with Crippen molar-refractivity contribution in [3.8, 4) is 0 Å². The van der Waals surface area contributed by atoms with Crippen molar-refractivity contribution in [3.63, 3.8) is 0 Å². The van der Waals surface area contributed by atoms with Gasteiger partial charge in [0.1, 0.15) is 18.1 Å². The smallest absolute Gasteiger partial charge is 0.327 e. The summed E-state index contributed by atoms with van der Waals surface area (Å²) in [6, 6.07) is -3.91. The zero-order valence-corrected chi connectivity index (χ0v) is 17.5. The Bertz CT molecular complexity index is 629. The third-order valence-electron chi connectivity index (χ3n) is 4.30. The van der Waals surface area contributed by atoms with Crippen LogP contribution in [0, 0.1) is 0 Å². The summed E-state index contributed by atoms with van der Waals surface area (Å²) >= 11 is 7.87. The Kier molecular flexibility index (Phi) is 10.8. The number of carboxylic acid groups (broad SMARTS) is 1. The van der Waals surface area contributed by atoms with E-state index in [9.17, 15) is 24.0 Å². The molecule has 1 aliphatic rings.